The van der Waals surface area contributed by atoms with Gasteiger partial charge in [0, 0.05) is 78.5 Å². The van der Waals surface area contributed by atoms with Gasteiger partial charge in [-0.2, -0.15) is 0 Å². The molecule has 1 unspecified atom stereocenters. The fourth-order valence-corrected chi connectivity index (χ4v) is 3.16. The van der Waals surface area contributed by atoms with Gasteiger partial charge in [0.15, 0.2) is 0 Å². The maximum absolute atomic E-state index is 11.0. The monoisotopic (exact) mass is 490 g/mol. The Kier molecular flexibility index (Phi) is 14.8. The number of nitrogens with zero attached hydrogens (tertiary/aromatic N) is 4. The van der Waals surface area contributed by atoms with E-state index in [0.29, 0.717) is 45.8 Å². The Labute approximate surface area is 196 Å². The largest absolute Gasteiger partial charge is 3.00 e. The number of β-amino-alcohol motifs (C(OH)–C–C–N with tert-alkyl or cyclic N) is 1. The minimum atomic E-state index is -1.26. The van der Waals surface area contributed by atoms with E-state index < -0.39 is 24.0 Å². The van der Waals surface area contributed by atoms with E-state index in [1.807, 2.05) is 4.90 Å². The number of carbonyl (C=O) groups excluding carboxylic acids is 3. The minimum absolute atomic E-state index is 0. The van der Waals surface area contributed by atoms with Crippen LogP contribution >= 0.6 is 0 Å². The zero-order valence-electron chi connectivity index (χ0n) is 16.8. The molecular formula is C17H29N4O7Y. The Hall–Kier alpha value is -0.686. The number of carbonyl (C=O) groups is 3. The topological polar surface area (TPSA) is 154 Å². The Bertz CT molecular complexity index is 492. The van der Waals surface area contributed by atoms with Gasteiger partial charge in [0.2, 0.25) is 0 Å². The molecule has 1 saturated heterocycles. The summed E-state index contributed by atoms with van der Waals surface area (Å²) in [5.41, 5.74) is 0. The zero-order chi connectivity index (χ0) is 21.1. The van der Waals surface area contributed by atoms with Gasteiger partial charge in [0.25, 0.3) is 0 Å². The van der Waals surface area contributed by atoms with Gasteiger partial charge in [0.05, 0.1) is 24.0 Å². The van der Waals surface area contributed by atoms with Crippen LogP contribution in [0, 0.1) is 0 Å². The maximum atomic E-state index is 11.0. The molecule has 1 aliphatic rings. The predicted octanol–water partition coefficient (Wildman–Crippen LogP) is -6.16. The van der Waals surface area contributed by atoms with Gasteiger partial charge in [-0.05, 0) is 6.92 Å². The fourth-order valence-electron chi connectivity index (χ4n) is 3.16. The summed E-state index contributed by atoms with van der Waals surface area (Å²) in [4.78, 5) is 39.9. The Morgan fingerprint density at radius 1 is 0.690 bits per heavy atom. The first kappa shape index (κ1) is 28.3. The molecule has 1 aliphatic heterocycles. The molecule has 0 saturated carbocycles. The van der Waals surface area contributed by atoms with Crippen LogP contribution in [-0.4, -0.2) is 127 Å². The van der Waals surface area contributed by atoms with E-state index in [1.165, 1.54) is 0 Å². The number of rotatable bonds is 8. The minimum Gasteiger partial charge on any atom is -0.549 e. The predicted molar refractivity (Wildman–Crippen MR) is 92.5 cm³/mol. The molecule has 11 nitrogen and oxygen atoms in total. The van der Waals surface area contributed by atoms with Crippen molar-refractivity contribution in [3.63, 3.8) is 0 Å². The molecule has 0 spiro atoms. The Morgan fingerprint density at radius 2 is 0.931 bits per heavy atom. The van der Waals surface area contributed by atoms with E-state index >= 15 is 0 Å². The van der Waals surface area contributed by atoms with Crippen LogP contribution in [-0.2, 0) is 47.1 Å². The van der Waals surface area contributed by atoms with Crippen LogP contribution < -0.4 is 15.3 Å². The summed E-state index contributed by atoms with van der Waals surface area (Å²) < 4.78 is 0. The standard InChI is InChI=1S/C17H32N4O7.Y/c1-14(22)10-18-2-4-19(11-15(23)24)6-8-21(13-17(27)28)9-7-20(5-3-18)12-16(25)26;/h14,22H,2-13H2,1H3,(H,23,24)(H,25,26)(H,27,28);/q;+3/p-3. The van der Waals surface area contributed by atoms with Crippen molar-refractivity contribution in [2.24, 2.45) is 0 Å². The van der Waals surface area contributed by atoms with Crippen LogP contribution in [0.3, 0.4) is 0 Å². The summed E-state index contributed by atoms with van der Waals surface area (Å²) in [6.07, 6.45) is -0.587. The maximum Gasteiger partial charge on any atom is 3.00 e. The second-order valence-electron chi connectivity index (χ2n) is 7.09. The van der Waals surface area contributed by atoms with Crippen LogP contribution in [0.25, 0.3) is 0 Å². The molecule has 0 aromatic heterocycles. The molecule has 0 radical (unpaired) electrons. The Morgan fingerprint density at radius 3 is 1.14 bits per heavy atom. The van der Waals surface area contributed by atoms with Gasteiger partial charge in [0.1, 0.15) is 0 Å². The third-order valence-corrected chi connectivity index (χ3v) is 4.51. The molecule has 0 amide bonds. The van der Waals surface area contributed by atoms with Gasteiger partial charge in [-0.1, -0.05) is 0 Å². The SMILES string of the molecule is CC(O)CN1CCN(CC(=O)[O-])CCN(CC(=O)[O-])CCN(CC(=O)[O-])CC1.[Y+3]. The van der Waals surface area contributed by atoms with Gasteiger partial charge in [-0.3, -0.25) is 19.6 Å². The molecule has 162 valence electrons. The van der Waals surface area contributed by atoms with E-state index in [1.54, 1.807) is 21.6 Å². The van der Waals surface area contributed by atoms with Crippen LogP contribution in [0.2, 0.25) is 0 Å². The van der Waals surface area contributed by atoms with Crippen LogP contribution in [0.5, 0.6) is 0 Å². The van der Waals surface area contributed by atoms with Crippen molar-refractivity contribution in [1.82, 2.24) is 19.6 Å². The molecule has 0 bridgehead atoms. The summed E-state index contributed by atoms with van der Waals surface area (Å²) in [5.74, 6) is -3.70. The molecule has 1 rings (SSSR count). The second-order valence-corrected chi connectivity index (χ2v) is 7.09. The van der Waals surface area contributed by atoms with Crippen molar-refractivity contribution >= 4 is 17.9 Å². The molecular weight excluding hydrogens is 461 g/mol. The van der Waals surface area contributed by atoms with Crippen LogP contribution in [0.1, 0.15) is 6.92 Å². The van der Waals surface area contributed by atoms with Gasteiger partial charge in [-0.25, -0.2) is 0 Å². The molecule has 0 aromatic carbocycles. The first-order chi connectivity index (χ1) is 13.2. The van der Waals surface area contributed by atoms with Crippen molar-refractivity contribution in [2.45, 2.75) is 13.0 Å². The molecule has 1 heterocycles. The Balaban J connectivity index is 0.00000784. The smallest absolute Gasteiger partial charge is 0.549 e. The van der Waals surface area contributed by atoms with Gasteiger partial charge < -0.3 is 34.8 Å². The summed E-state index contributed by atoms with van der Waals surface area (Å²) >= 11 is 0. The number of carboxylic acid groups (broad SMARTS) is 3. The average molecular weight is 490 g/mol. The van der Waals surface area contributed by atoms with Gasteiger partial charge >= 0.3 is 32.7 Å². The molecule has 12 heteroatoms. The van der Waals surface area contributed by atoms with Crippen molar-refractivity contribution in [3.05, 3.63) is 0 Å². The first-order valence-corrected chi connectivity index (χ1v) is 9.32. The van der Waals surface area contributed by atoms with Crippen molar-refractivity contribution in [1.29, 1.82) is 0 Å². The fraction of sp³-hybridized carbons (Fsp3) is 0.824. The quantitative estimate of drug-likeness (QED) is 0.346. The summed E-state index contributed by atoms with van der Waals surface area (Å²) in [5, 5.41) is 42.7. The number of aliphatic hydroxyl groups is 1. The zero-order valence-corrected chi connectivity index (χ0v) is 19.7. The van der Waals surface area contributed by atoms with Crippen molar-refractivity contribution in [3.8, 4) is 0 Å². The van der Waals surface area contributed by atoms with Crippen molar-refractivity contribution < 1.29 is 67.5 Å². The van der Waals surface area contributed by atoms with E-state index in [0.717, 1.165) is 0 Å². The molecule has 29 heavy (non-hydrogen) atoms. The molecule has 0 aliphatic carbocycles. The molecule has 0 aromatic rings. The third-order valence-electron chi connectivity index (χ3n) is 4.51. The van der Waals surface area contributed by atoms with Gasteiger partial charge in [-0.15, -0.1) is 0 Å². The average Bonchev–Trinajstić information content (AvgIpc) is 2.55. The van der Waals surface area contributed by atoms with E-state index in [4.69, 9.17) is 0 Å². The first-order valence-electron chi connectivity index (χ1n) is 9.32. The number of carboxylic acids is 3. The normalized spacial score (nSPS) is 20.1. The van der Waals surface area contributed by atoms with Crippen LogP contribution in [0.4, 0.5) is 0 Å². The van der Waals surface area contributed by atoms with Crippen molar-refractivity contribution in [2.75, 3.05) is 78.5 Å². The molecule has 1 N–H and O–H groups in total. The third kappa shape index (κ3) is 14.0. The molecule has 1 fully saturated rings. The van der Waals surface area contributed by atoms with E-state index in [-0.39, 0.29) is 65.4 Å². The summed E-state index contributed by atoms with van der Waals surface area (Å²) in [6.45, 7) is 4.04. The number of aliphatic carboxylic acids is 3. The number of aliphatic hydroxyl groups excluding tert-OH is 1. The molecule has 1 atom stereocenters. The summed E-state index contributed by atoms with van der Waals surface area (Å²) in [6, 6.07) is 0. The second kappa shape index (κ2) is 15.2. The van der Waals surface area contributed by atoms with Crippen LogP contribution in [0.15, 0.2) is 0 Å². The summed E-state index contributed by atoms with van der Waals surface area (Å²) in [7, 11) is 0. The number of hydrogen-bond acceptors (Lipinski definition) is 11. The van der Waals surface area contributed by atoms with E-state index in [9.17, 15) is 34.8 Å². The van der Waals surface area contributed by atoms with E-state index in [2.05, 4.69) is 0 Å². The number of hydrogen-bond donors (Lipinski definition) is 1.